The molecule has 3 rings (SSSR count). The number of hydrogen-bond acceptors (Lipinski definition) is 8. The van der Waals surface area contributed by atoms with Crippen molar-refractivity contribution in [3.05, 3.63) is 59.9 Å². The van der Waals surface area contributed by atoms with Crippen LogP contribution in [0.4, 0.5) is 11.5 Å². The van der Waals surface area contributed by atoms with Crippen LogP contribution in [0.25, 0.3) is 0 Å². The Kier molecular flexibility index (Phi) is 10.3. The van der Waals surface area contributed by atoms with Gasteiger partial charge in [-0.2, -0.15) is 0 Å². The van der Waals surface area contributed by atoms with Crippen molar-refractivity contribution in [2.75, 3.05) is 31.5 Å². The molecule has 2 aromatic carbocycles. The maximum atomic E-state index is 14.1. The predicted octanol–water partition coefficient (Wildman–Crippen LogP) is 4.81. The van der Waals surface area contributed by atoms with Crippen molar-refractivity contribution in [1.82, 2.24) is 10.5 Å². The van der Waals surface area contributed by atoms with Crippen molar-refractivity contribution in [2.24, 2.45) is 0 Å². The minimum absolute atomic E-state index is 0.151. The molecule has 1 atom stereocenters. The minimum atomic E-state index is -1.16. The Labute approximate surface area is 240 Å². The number of carbonyl (C=O) groups excluding carboxylic acids is 3. The summed E-state index contributed by atoms with van der Waals surface area (Å²) in [4.78, 5) is 42.1. The number of anilines is 2. The molecule has 41 heavy (non-hydrogen) atoms. The summed E-state index contributed by atoms with van der Waals surface area (Å²) in [6.45, 7) is 7.47. The highest BCUT2D eigenvalue weighted by Crippen LogP contribution is 2.40. The lowest BCUT2D eigenvalue weighted by Gasteiger charge is -2.35. The van der Waals surface area contributed by atoms with E-state index in [1.54, 1.807) is 55.5 Å². The number of para-hydroxylation sites is 1. The first-order valence-corrected chi connectivity index (χ1v) is 13.3. The van der Waals surface area contributed by atoms with Gasteiger partial charge in [0.25, 0.3) is 0 Å². The van der Waals surface area contributed by atoms with Crippen molar-refractivity contribution in [3.63, 3.8) is 0 Å². The van der Waals surface area contributed by atoms with Gasteiger partial charge in [0.2, 0.25) is 17.7 Å². The lowest BCUT2D eigenvalue weighted by molar-refractivity contribution is -0.128. The maximum absolute atomic E-state index is 14.1. The van der Waals surface area contributed by atoms with Gasteiger partial charge in [0.15, 0.2) is 17.3 Å². The molecule has 3 amide bonds. The van der Waals surface area contributed by atoms with E-state index in [0.29, 0.717) is 40.7 Å². The smallest absolute Gasteiger partial charge is 0.248 e. The van der Waals surface area contributed by atoms with E-state index in [0.717, 1.165) is 0 Å². The van der Waals surface area contributed by atoms with E-state index in [4.69, 9.17) is 18.7 Å². The van der Waals surface area contributed by atoms with Crippen molar-refractivity contribution in [1.29, 1.82) is 0 Å². The Hall–Kier alpha value is -4.54. The molecule has 11 nitrogen and oxygen atoms in total. The molecular formula is C30H38N4O7. The van der Waals surface area contributed by atoms with E-state index in [1.807, 2.05) is 20.8 Å². The molecule has 0 unspecified atom stereocenters. The zero-order valence-electron chi connectivity index (χ0n) is 24.6. The molecule has 11 heteroatoms. The Balaban J connectivity index is 2.08. The predicted molar refractivity (Wildman–Crippen MR) is 154 cm³/mol. The van der Waals surface area contributed by atoms with Crippen molar-refractivity contribution in [2.45, 2.75) is 58.5 Å². The van der Waals surface area contributed by atoms with E-state index < -0.39 is 29.3 Å². The first-order chi connectivity index (χ1) is 19.5. The topological polar surface area (TPSA) is 132 Å². The summed E-state index contributed by atoms with van der Waals surface area (Å²) in [7, 11) is 4.51. The Bertz CT molecular complexity index is 1350. The average Bonchev–Trinajstić information content (AvgIpc) is 3.37. The molecule has 0 spiro atoms. The Morgan fingerprint density at radius 2 is 1.71 bits per heavy atom. The van der Waals surface area contributed by atoms with Gasteiger partial charge in [-0.25, -0.2) is 0 Å². The third kappa shape index (κ3) is 7.77. The SMILES string of the molecule is CCC(C)(C)NC(=O)[C@@H](c1cccc(OC)c1OC)N(C(=O)CCC(=O)Nc1cc(C)on1)c1ccc(OC)cc1. The zero-order valence-corrected chi connectivity index (χ0v) is 24.6. The normalized spacial score (nSPS) is 11.8. The van der Waals surface area contributed by atoms with Crippen LogP contribution in [0.2, 0.25) is 0 Å². The van der Waals surface area contributed by atoms with E-state index in [9.17, 15) is 14.4 Å². The van der Waals surface area contributed by atoms with Gasteiger partial charge < -0.3 is 29.4 Å². The van der Waals surface area contributed by atoms with Crippen LogP contribution >= 0.6 is 0 Å². The number of ether oxygens (including phenoxy) is 3. The molecule has 3 aromatic rings. The van der Waals surface area contributed by atoms with Gasteiger partial charge in [0, 0.05) is 35.7 Å². The van der Waals surface area contributed by atoms with Crippen LogP contribution in [0.5, 0.6) is 17.2 Å². The van der Waals surface area contributed by atoms with Crippen LogP contribution < -0.4 is 29.7 Å². The van der Waals surface area contributed by atoms with Gasteiger partial charge in [0.1, 0.15) is 17.6 Å². The number of amides is 3. The summed E-state index contributed by atoms with van der Waals surface area (Å²) in [5.74, 6) is 0.794. The fourth-order valence-corrected chi connectivity index (χ4v) is 4.17. The second-order valence-corrected chi connectivity index (χ2v) is 10.0. The van der Waals surface area contributed by atoms with Crippen LogP contribution in [0, 0.1) is 6.92 Å². The fourth-order valence-electron chi connectivity index (χ4n) is 4.17. The number of hydrogen-bond donors (Lipinski definition) is 2. The monoisotopic (exact) mass is 566 g/mol. The van der Waals surface area contributed by atoms with Gasteiger partial charge in [0.05, 0.1) is 21.3 Å². The molecule has 0 aliphatic rings. The minimum Gasteiger partial charge on any atom is -0.497 e. The van der Waals surface area contributed by atoms with Crippen LogP contribution in [-0.2, 0) is 14.4 Å². The first-order valence-electron chi connectivity index (χ1n) is 13.3. The van der Waals surface area contributed by atoms with Crippen LogP contribution in [-0.4, -0.2) is 49.7 Å². The molecule has 1 heterocycles. The standard InChI is InChI=1S/C30H38N4O7/c1-8-30(3,4)32-29(37)27(22-10-9-11-23(39-6)28(22)40-7)34(20-12-14-21(38-5)15-13-20)26(36)17-16-25(35)31-24-18-19(2)41-33-24/h9-15,18,27H,8,16-17H2,1-7H3,(H,32,37)(H,31,33,35)/t27-/m1/s1. The summed E-state index contributed by atoms with van der Waals surface area (Å²) in [6, 6.07) is 12.3. The second-order valence-electron chi connectivity index (χ2n) is 10.0. The van der Waals surface area contributed by atoms with Gasteiger partial charge in [-0.05, 0) is 57.5 Å². The van der Waals surface area contributed by atoms with Gasteiger partial charge in [-0.3, -0.25) is 19.3 Å². The highest BCUT2D eigenvalue weighted by Gasteiger charge is 2.37. The number of carbonyl (C=O) groups is 3. The van der Waals surface area contributed by atoms with E-state index in [1.165, 1.54) is 26.2 Å². The number of nitrogens with zero attached hydrogens (tertiary/aromatic N) is 2. The van der Waals surface area contributed by atoms with Crippen LogP contribution in [0.15, 0.2) is 53.1 Å². The molecule has 1 aromatic heterocycles. The van der Waals surface area contributed by atoms with Crippen LogP contribution in [0.1, 0.15) is 57.4 Å². The summed E-state index contributed by atoms with van der Waals surface area (Å²) < 4.78 is 21.5. The van der Waals surface area contributed by atoms with Gasteiger partial charge >= 0.3 is 0 Å². The number of aromatic nitrogens is 1. The molecular weight excluding hydrogens is 528 g/mol. The number of aryl methyl sites for hydroxylation is 1. The highest BCUT2D eigenvalue weighted by atomic mass is 16.5. The van der Waals surface area contributed by atoms with E-state index in [2.05, 4.69) is 15.8 Å². The fraction of sp³-hybridized carbons (Fsp3) is 0.400. The van der Waals surface area contributed by atoms with Gasteiger partial charge in [-0.15, -0.1) is 0 Å². The number of rotatable bonds is 13. The average molecular weight is 567 g/mol. The molecule has 2 N–H and O–H groups in total. The summed E-state index contributed by atoms with van der Waals surface area (Å²) in [6.07, 6.45) is 0.308. The summed E-state index contributed by atoms with van der Waals surface area (Å²) in [5.41, 5.74) is 0.289. The molecule has 0 aliphatic heterocycles. The molecule has 0 saturated heterocycles. The van der Waals surface area contributed by atoms with Gasteiger partial charge in [-0.1, -0.05) is 24.2 Å². The molecule has 0 aliphatic carbocycles. The lowest BCUT2D eigenvalue weighted by Crippen LogP contribution is -2.50. The zero-order chi connectivity index (χ0) is 30.2. The molecule has 0 saturated carbocycles. The Morgan fingerprint density at radius 1 is 1.00 bits per heavy atom. The van der Waals surface area contributed by atoms with Crippen molar-refractivity contribution in [3.8, 4) is 17.2 Å². The van der Waals surface area contributed by atoms with Crippen molar-refractivity contribution < 1.29 is 33.1 Å². The quantitative estimate of drug-likeness (QED) is 0.301. The number of benzene rings is 2. The molecule has 0 bridgehead atoms. The van der Waals surface area contributed by atoms with E-state index in [-0.39, 0.29) is 18.7 Å². The third-order valence-electron chi connectivity index (χ3n) is 6.66. The lowest BCUT2D eigenvalue weighted by atomic mass is 9.97. The molecule has 220 valence electrons. The Morgan fingerprint density at radius 3 is 2.27 bits per heavy atom. The summed E-state index contributed by atoms with van der Waals surface area (Å²) in [5, 5.41) is 9.45. The molecule has 0 radical (unpaired) electrons. The number of methoxy groups -OCH3 is 3. The molecule has 0 fully saturated rings. The second kappa shape index (κ2) is 13.7. The largest absolute Gasteiger partial charge is 0.497 e. The van der Waals surface area contributed by atoms with E-state index >= 15 is 0 Å². The first kappa shape index (κ1) is 31.0. The van der Waals surface area contributed by atoms with Crippen molar-refractivity contribution >= 4 is 29.2 Å². The third-order valence-corrected chi connectivity index (χ3v) is 6.66. The van der Waals surface area contributed by atoms with Crippen LogP contribution in [0.3, 0.4) is 0 Å². The number of nitrogens with one attached hydrogen (secondary N) is 2. The highest BCUT2D eigenvalue weighted by molar-refractivity contribution is 6.03. The summed E-state index contributed by atoms with van der Waals surface area (Å²) >= 11 is 0. The maximum Gasteiger partial charge on any atom is 0.248 e.